The number of nitrogens with one attached hydrogen (secondary N) is 1. The van der Waals surface area contributed by atoms with Gasteiger partial charge in [-0.25, -0.2) is 13.1 Å². The number of methoxy groups -OCH3 is 1. The van der Waals surface area contributed by atoms with E-state index in [9.17, 15) is 8.42 Å². The molecular weight excluding hydrogens is 310 g/mol. The number of ether oxygens (including phenoxy) is 1. The van der Waals surface area contributed by atoms with Crippen molar-refractivity contribution in [1.29, 1.82) is 0 Å². The van der Waals surface area contributed by atoms with Gasteiger partial charge in [-0.15, -0.1) is 0 Å². The molecule has 0 aliphatic carbocycles. The summed E-state index contributed by atoms with van der Waals surface area (Å²) >= 11 is 0. The lowest BCUT2D eigenvalue weighted by molar-refractivity contribution is 0.414. The Morgan fingerprint density at radius 1 is 1.13 bits per heavy atom. The molecule has 1 atom stereocenters. The molecule has 2 aromatic rings. The third-order valence-electron chi connectivity index (χ3n) is 3.97. The summed E-state index contributed by atoms with van der Waals surface area (Å²) in [6.07, 6.45) is 1.03. The van der Waals surface area contributed by atoms with Crippen molar-refractivity contribution in [3.8, 4) is 5.75 Å². The Morgan fingerprint density at radius 3 is 2.43 bits per heavy atom. The van der Waals surface area contributed by atoms with Gasteiger partial charge in [0.15, 0.2) is 0 Å². The fourth-order valence-electron chi connectivity index (χ4n) is 2.26. The normalized spacial score (nSPS) is 12.8. The van der Waals surface area contributed by atoms with Crippen LogP contribution < -0.4 is 9.46 Å². The highest BCUT2D eigenvalue weighted by Crippen LogP contribution is 2.20. The van der Waals surface area contributed by atoms with Crippen LogP contribution in [-0.4, -0.2) is 15.5 Å². The maximum atomic E-state index is 12.4. The van der Waals surface area contributed by atoms with Crippen LogP contribution in [0.15, 0.2) is 53.4 Å². The van der Waals surface area contributed by atoms with E-state index in [1.165, 1.54) is 0 Å². The van der Waals surface area contributed by atoms with Crippen LogP contribution in [0.5, 0.6) is 5.75 Å². The van der Waals surface area contributed by atoms with Gasteiger partial charge in [-0.2, -0.15) is 0 Å². The molecule has 2 aromatic carbocycles. The lowest BCUT2D eigenvalue weighted by Crippen LogP contribution is -2.23. The van der Waals surface area contributed by atoms with Crippen molar-refractivity contribution in [2.24, 2.45) is 0 Å². The van der Waals surface area contributed by atoms with Crippen molar-refractivity contribution in [3.05, 3.63) is 59.7 Å². The molecule has 124 valence electrons. The van der Waals surface area contributed by atoms with Crippen molar-refractivity contribution in [2.75, 3.05) is 7.11 Å². The quantitative estimate of drug-likeness (QED) is 0.841. The molecule has 0 aromatic heterocycles. The summed E-state index contributed by atoms with van der Waals surface area (Å²) in [5.41, 5.74) is 2.00. The maximum Gasteiger partial charge on any atom is 0.240 e. The van der Waals surface area contributed by atoms with Crippen LogP contribution in [0, 0.1) is 0 Å². The average molecular weight is 333 g/mol. The fraction of sp³-hybridized carbons (Fsp3) is 0.333. The minimum Gasteiger partial charge on any atom is -0.497 e. The molecule has 23 heavy (non-hydrogen) atoms. The van der Waals surface area contributed by atoms with Gasteiger partial charge in [0.2, 0.25) is 10.0 Å². The first-order valence-corrected chi connectivity index (χ1v) is 9.17. The molecule has 0 aliphatic heterocycles. The van der Waals surface area contributed by atoms with Crippen LogP contribution in [0.3, 0.4) is 0 Å². The van der Waals surface area contributed by atoms with E-state index in [1.54, 1.807) is 19.2 Å². The van der Waals surface area contributed by atoms with Gasteiger partial charge in [0, 0.05) is 6.54 Å². The molecule has 0 spiro atoms. The molecule has 0 saturated heterocycles. The van der Waals surface area contributed by atoms with Crippen LogP contribution in [0.4, 0.5) is 0 Å². The first kappa shape index (κ1) is 17.5. The third kappa shape index (κ3) is 4.56. The number of sulfonamides is 1. The molecule has 4 nitrogen and oxygen atoms in total. The number of benzene rings is 2. The molecule has 0 radical (unpaired) electrons. The third-order valence-corrected chi connectivity index (χ3v) is 5.39. The predicted molar refractivity (Wildman–Crippen MR) is 92.2 cm³/mol. The van der Waals surface area contributed by atoms with E-state index in [2.05, 4.69) is 18.6 Å². The SMILES string of the molecule is CCC(C)c1ccc(S(=O)(=O)NCc2cccc(OC)c2)cc1. The summed E-state index contributed by atoms with van der Waals surface area (Å²) in [6, 6.07) is 14.4. The average Bonchev–Trinajstić information content (AvgIpc) is 2.59. The van der Waals surface area contributed by atoms with Crippen LogP contribution in [0.1, 0.15) is 37.3 Å². The predicted octanol–water partition coefficient (Wildman–Crippen LogP) is 3.69. The van der Waals surface area contributed by atoms with E-state index in [-0.39, 0.29) is 11.4 Å². The summed E-state index contributed by atoms with van der Waals surface area (Å²) in [4.78, 5) is 0.285. The maximum absolute atomic E-state index is 12.4. The van der Waals surface area contributed by atoms with E-state index in [4.69, 9.17) is 4.74 Å². The highest BCUT2D eigenvalue weighted by Gasteiger charge is 2.14. The van der Waals surface area contributed by atoms with Crippen molar-refractivity contribution in [2.45, 2.75) is 37.6 Å². The molecular formula is C18H23NO3S. The van der Waals surface area contributed by atoms with Crippen LogP contribution in [0.2, 0.25) is 0 Å². The largest absolute Gasteiger partial charge is 0.497 e. The van der Waals surface area contributed by atoms with E-state index < -0.39 is 10.0 Å². The molecule has 0 fully saturated rings. The standard InChI is InChI=1S/C18H23NO3S/c1-4-14(2)16-8-10-18(11-9-16)23(20,21)19-13-15-6-5-7-17(12-15)22-3/h5-12,14,19H,4,13H2,1-3H3. The highest BCUT2D eigenvalue weighted by molar-refractivity contribution is 7.89. The van der Waals surface area contributed by atoms with Gasteiger partial charge in [0.05, 0.1) is 12.0 Å². The van der Waals surface area contributed by atoms with Crippen LogP contribution >= 0.6 is 0 Å². The monoisotopic (exact) mass is 333 g/mol. The molecule has 5 heteroatoms. The van der Waals surface area contributed by atoms with Crippen molar-refractivity contribution < 1.29 is 13.2 Å². The molecule has 0 saturated carbocycles. The van der Waals surface area contributed by atoms with E-state index in [0.29, 0.717) is 11.7 Å². The van der Waals surface area contributed by atoms with Gasteiger partial charge in [-0.3, -0.25) is 0 Å². The lowest BCUT2D eigenvalue weighted by Gasteiger charge is -2.11. The van der Waals surface area contributed by atoms with E-state index in [1.807, 2.05) is 36.4 Å². The number of hydrogen-bond acceptors (Lipinski definition) is 3. The zero-order valence-corrected chi connectivity index (χ0v) is 14.6. The molecule has 0 bridgehead atoms. The van der Waals surface area contributed by atoms with Gasteiger partial charge in [-0.1, -0.05) is 38.1 Å². The highest BCUT2D eigenvalue weighted by atomic mass is 32.2. The first-order valence-electron chi connectivity index (χ1n) is 7.69. The van der Waals surface area contributed by atoms with Gasteiger partial charge in [0.1, 0.15) is 5.75 Å². The number of hydrogen-bond donors (Lipinski definition) is 1. The molecule has 2 rings (SSSR count). The second kappa shape index (κ2) is 7.62. The topological polar surface area (TPSA) is 55.4 Å². The fourth-order valence-corrected chi connectivity index (χ4v) is 3.27. The van der Waals surface area contributed by atoms with Gasteiger partial charge in [0.25, 0.3) is 0 Å². The molecule has 0 heterocycles. The Balaban J connectivity index is 2.09. The van der Waals surface area contributed by atoms with Crippen molar-refractivity contribution >= 4 is 10.0 Å². The Labute approximate surface area is 138 Å². The van der Waals surface area contributed by atoms with E-state index in [0.717, 1.165) is 17.5 Å². The van der Waals surface area contributed by atoms with Crippen LogP contribution in [0.25, 0.3) is 0 Å². The second-order valence-corrected chi connectivity index (χ2v) is 7.32. The minimum atomic E-state index is -3.52. The zero-order valence-electron chi connectivity index (χ0n) is 13.7. The Bertz CT molecular complexity index is 739. The van der Waals surface area contributed by atoms with Gasteiger partial charge >= 0.3 is 0 Å². The summed E-state index contributed by atoms with van der Waals surface area (Å²) in [5.74, 6) is 1.14. The summed E-state index contributed by atoms with van der Waals surface area (Å²) < 4.78 is 32.5. The van der Waals surface area contributed by atoms with Crippen LogP contribution in [-0.2, 0) is 16.6 Å². The minimum absolute atomic E-state index is 0.229. The Hall–Kier alpha value is -1.85. The molecule has 1 unspecified atom stereocenters. The Morgan fingerprint density at radius 2 is 1.83 bits per heavy atom. The number of rotatable bonds is 7. The molecule has 0 aliphatic rings. The molecule has 1 N–H and O–H groups in total. The lowest BCUT2D eigenvalue weighted by atomic mass is 9.99. The van der Waals surface area contributed by atoms with Gasteiger partial charge in [-0.05, 0) is 47.7 Å². The summed E-state index contributed by atoms with van der Waals surface area (Å²) in [6.45, 7) is 4.47. The van der Waals surface area contributed by atoms with Gasteiger partial charge < -0.3 is 4.74 Å². The van der Waals surface area contributed by atoms with Crippen molar-refractivity contribution in [3.63, 3.8) is 0 Å². The van der Waals surface area contributed by atoms with E-state index >= 15 is 0 Å². The smallest absolute Gasteiger partial charge is 0.240 e. The first-order chi connectivity index (χ1) is 11.0. The molecule has 0 amide bonds. The summed E-state index contributed by atoms with van der Waals surface area (Å²) in [7, 11) is -1.93. The van der Waals surface area contributed by atoms with Crippen molar-refractivity contribution in [1.82, 2.24) is 4.72 Å². The zero-order chi connectivity index (χ0) is 16.9. The summed E-state index contributed by atoms with van der Waals surface area (Å²) in [5, 5.41) is 0. The second-order valence-electron chi connectivity index (χ2n) is 5.55. The Kier molecular flexibility index (Phi) is 5.80.